The standard InChI is InChI=1S/C32H21NS/c1-3-9-24(10-4-1)33(25-11-5-2-6-12-25)26-18-17-22-15-16-23-19-32-30(21-29(23)28(22)20-26)27-13-7-8-14-31(27)34-32/h1-21H. The van der Waals surface area contributed by atoms with Gasteiger partial charge in [0.2, 0.25) is 0 Å². The molecule has 0 N–H and O–H groups in total. The second-order valence-corrected chi connectivity index (χ2v) is 9.73. The van der Waals surface area contributed by atoms with E-state index in [1.54, 1.807) is 0 Å². The van der Waals surface area contributed by atoms with Gasteiger partial charge in [-0.05, 0) is 76.1 Å². The van der Waals surface area contributed by atoms with Crippen LogP contribution in [0.1, 0.15) is 0 Å². The van der Waals surface area contributed by atoms with Crippen LogP contribution in [-0.4, -0.2) is 0 Å². The van der Waals surface area contributed by atoms with Crippen LogP contribution in [0, 0.1) is 0 Å². The van der Waals surface area contributed by atoms with Crippen LogP contribution < -0.4 is 4.90 Å². The molecule has 0 radical (unpaired) electrons. The van der Waals surface area contributed by atoms with Crippen molar-refractivity contribution in [3.8, 4) is 0 Å². The fraction of sp³-hybridized carbons (Fsp3) is 0. The van der Waals surface area contributed by atoms with Gasteiger partial charge in [-0.1, -0.05) is 72.8 Å². The lowest BCUT2D eigenvalue weighted by Crippen LogP contribution is -2.09. The van der Waals surface area contributed by atoms with Gasteiger partial charge in [0.05, 0.1) is 0 Å². The summed E-state index contributed by atoms with van der Waals surface area (Å²) < 4.78 is 2.69. The Morgan fingerprint density at radius 1 is 0.382 bits per heavy atom. The summed E-state index contributed by atoms with van der Waals surface area (Å²) in [6.45, 7) is 0. The Labute approximate surface area is 202 Å². The molecule has 1 aromatic heterocycles. The molecule has 6 aromatic carbocycles. The molecule has 0 fully saturated rings. The largest absolute Gasteiger partial charge is 0.310 e. The van der Waals surface area contributed by atoms with Gasteiger partial charge in [-0.2, -0.15) is 0 Å². The van der Waals surface area contributed by atoms with Crippen molar-refractivity contribution in [2.45, 2.75) is 0 Å². The quantitative estimate of drug-likeness (QED) is 0.242. The van der Waals surface area contributed by atoms with Gasteiger partial charge in [-0.3, -0.25) is 0 Å². The summed E-state index contributed by atoms with van der Waals surface area (Å²) in [7, 11) is 0. The third kappa shape index (κ3) is 3.07. The van der Waals surface area contributed by atoms with Crippen LogP contribution in [0.15, 0.2) is 127 Å². The van der Waals surface area contributed by atoms with Gasteiger partial charge < -0.3 is 4.90 Å². The number of anilines is 3. The molecular formula is C32H21NS. The van der Waals surface area contributed by atoms with Crippen LogP contribution in [-0.2, 0) is 0 Å². The zero-order valence-corrected chi connectivity index (χ0v) is 19.3. The lowest BCUT2D eigenvalue weighted by molar-refractivity contribution is 1.29. The molecule has 1 nitrogen and oxygen atoms in total. The van der Waals surface area contributed by atoms with Crippen LogP contribution in [0.5, 0.6) is 0 Å². The zero-order chi connectivity index (χ0) is 22.5. The van der Waals surface area contributed by atoms with E-state index in [2.05, 4.69) is 132 Å². The first-order valence-electron chi connectivity index (χ1n) is 11.5. The average molecular weight is 452 g/mol. The predicted octanol–water partition coefficient (Wildman–Crippen LogP) is 9.83. The summed E-state index contributed by atoms with van der Waals surface area (Å²) in [5.41, 5.74) is 3.46. The van der Waals surface area contributed by atoms with Crippen LogP contribution in [0.2, 0.25) is 0 Å². The first-order valence-corrected chi connectivity index (χ1v) is 12.3. The minimum Gasteiger partial charge on any atom is -0.310 e. The molecule has 0 atom stereocenters. The summed E-state index contributed by atoms with van der Waals surface area (Å²) in [4.78, 5) is 2.33. The maximum absolute atomic E-state index is 2.39. The second kappa shape index (κ2) is 7.72. The summed E-state index contributed by atoms with van der Waals surface area (Å²) in [5.74, 6) is 0. The Bertz CT molecular complexity index is 1760. The third-order valence-corrected chi connectivity index (χ3v) is 7.74. The van der Waals surface area contributed by atoms with E-state index in [1.165, 1.54) is 41.7 Å². The van der Waals surface area contributed by atoms with E-state index in [0.29, 0.717) is 0 Å². The number of fused-ring (bicyclic) bond motifs is 6. The lowest BCUT2D eigenvalue weighted by Gasteiger charge is -2.25. The van der Waals surface area contributed by atoms with Gasteiger partial charge >= 0.3 is 0 Å². The Morgan fingerprint density at radius 2 is 1.00 bits per heavy atom. The van der Waals surface area contributed by atoms with E-state index < -0.39 is 0 Å². The van der Waals surface area contributed by atoms with Crippen molar-refractivity contribution in [2.24, 2.45) is 0 Å². The van der Waals surface area contributed by atoms with Crippen LogP contribution in [0.3, 0.4) is 0 Å². The smallest absolute Gasteiger partial charge is 0.0468 e. The SMILES string of the molecule is c1ccc(N(c2ccccc2)c2ccc3ccc4cc5sc6ccccc6c5cc4c3c2)cc1. The number of hydrogen-bond donors (Lipinski definition) is 0. The molecule has 7 aromatic rings. The number of para-hydroxylation sites is 2. The van der Waals surface area contributed by atoms with Gasteiger partial charge in [0, 0.05) is 37.2 Å². The highest BCUT2D eigenvalue weighted by Crippen LogP contribution is 2.40. The lowest BCUT2D eigenvalue weighted by atomic mass is 9.99. The number of rotatable bonds is 3. The average Bonchev–Trinajstić information content (AvgIpc) is 3.26. The number of nitrogens with zero attached hydrogens (tertiary/aromatic N) is 1. The first kappa shape index (κ1) is 19.3. The van der Waals surface area contributed by atoms with Crippen LogP contribution >= 0.6 is 11.3 Å². The van der Waals surface area contributed by atoms with Crippen molar-refractivity contribution in [3.63, 3.8) is 0 Å². The molecule has 0 unspecified atom stereocenters. The molecule has 0 bridgehead atoms. The van der Waals surface area contributed by atoms with E-state index in [-0.39, 0.29) is 0 Å². The molecule has 1 heterocycles. The highest BCUT2D eigenvalue weighted by molar-refractivity contribution is 7.25. The maximum Gasteiger partial charge on any atom is 0.0468 e. The Hall–Kier alpha value is -4.14. The van der Waals surface area contributed by atoms with Crippen LogP contribution in [0.4, 0.5) is 17.1 Å². The van der Waals surface area contributed by atoms with Gasteiger partial charge in [0.25, 0.3) is 0 Å². The van der Waals surface area contributed by atoms with E-state index in [4.69, 9.17) is 0 Å². The van der Waals surface area contributed by atoms with Gasteiger partial charge in [0.1, 0.15) is 0 Å². The fourth-order valence-electron chi connectivity index (χ4n) is 5.00. The van der Waals surface area contributed by atoms with E-state index in [9.17, 15) is 0 Å². The van der Waals surface area contributed by atoms with Crippen molar-refractivity contribution >= 4 is 70.1 Å². The summed E-state index contributed by atoms with van der Waals surface area (Å²) >= 11 is 1.88. The molecule has 0 saturated carbocycles. The molecule has 34 heavy (non-hydrogen) atoms. The van der Waals surface area contributed by atoms with Crippen molar-refractivity contribution < 1.29 is 0 Å². The molecule has 0 amide bonds. The molecule has 7 rings (SSSR count). The molecule has 160 valence electrons. The van der Waals surface area contributed by atoms with Crippen LogP contribution in [0.25, 0.3) is 41.7 Å². The summed E-state index contributed by atoms with van der Waals surface area (Å²) in [5, 5.41) is 7.81. The number of benzene rings is 6. The fourth-order valence-corrected chi connectivity index (χ4v) is 6.14. The predicted molar refractivity (Wildman–Crippen MR) is 149 cm³/mol. The molecule has 0 aliphatic carbocycles. The van der Waals surface area contributed by atoms with E-state index in [0.717, 1.165) is 17.1 Å². The van der Waals surface area contributed by atoms with E-state index >= 15 is 0 Å². The van der Waals surface area contributed by atoms with Crippen molar-refractivity contribution in [3.05, 3.63) is 127 Å². The number of thiophene rings is 1. The second-order valence-electron chi connectivity index (χ2n) is 8.65. The minimum absolute atomic E-state index is 1.15. The molecule has 0 spiro atoms. The van der Waals surface area contributed by atoms with Crippen molar-refractivity contribution in [1.29, 1.82) is 0 Å². The Balaban J connectivity index is 1.51. The molecule has 0 aliphatic rings. The number of hydrogen-bond acceptors (Lipinski definition) is 2. The minimum atomic E-state index is 1.15. The molecule has 0 saturated heterocycles. The van der Waals surface area contributed by atoms with Crippen molar-refractivity contribution in [2.75, 3.05) is 4.90 Å². The maximum atomic E-state index is 2.39. The zero-order valence-electron chi connectivity index (χ0n) is 18.5. The third-order valence-electron chi connectivity index (χ3n) is 6.61. The topological polar surface area (TPSA) is 3.24 Å². The monoisotopic (exact) mass is 451 g/mol. The Morgan fingerprint density at radius 3 is 1.76 bits per heavy atom. The highest BCUT2D eigenvalue weighted by Gasteiger charge is 2.14. The Kier molecular flexibility index (Phi) is 4.39. The molecule has 2 heteroatoms. The van der Waals surface area contributed by atoms with Gasteiger partial charge in [-0.15, -0.1) is 11.3 Å². The summed E-state index contributed by atoms with van der Waals surface area (Å²) in [6.07, 6.45) is 0. The van der Waals surface area contributed by atoms with Gasteiger partial charge in [0.15, 0.2) is 0 Å². The first-order chi connectivity index (χ1) is 16.8. The summed E-state index contributed by atoms with van der Waals surface area (Å²) in [6, 6.07) is 46.0. The normalized spacial score (nSPS) is 11.5. The highest BCUT2D eigenvalue weighted by atomic mass is 32.1. The van der Waals surface area contributed by atoms with Gasteiger partial charge in [-0.25, -0.2) is 0 Å². The molecular weight excluding hydrogens is 430 g/mol. The van der Waals surface area contributed by atoms with Crippen molar-refractivity contribution in [1.82, 2.24) is 0 Å². The molecule has 0 aliphatic heterocycles. The van der Waals surface area contributed by atoms with E-state index in [1.807, 2.05) is 11.3 Å².